The number of benzene rings is 6. The molecule has 0 aliphatic rings. The molecule has 0 atom stereocenters. The van der Waals surface area contributed by atoms with Crippen molar-refractivity contribution in [2.45, 2.75) is 0 Å². The monoisotopic (exact) mass is 657 g/mol. The van der Waals surface area contributed by atoms with E-state index in [9.17, 15) is 0 Å². The van der Waals surface area contributed by atoms with Gasteiger partial charge in [-0.25, -0.2) is 0 Å². The van der Waals surface area contributed by atoms with Crippen LogP contribution in [0.25, 0.3) is 22.0 Å². The molecule has 0 N–H and O–H groups in total. The van der Waals surface area contributed by atoms with Gasteiger partial charge in [0.25, 0.3) is 0 Å². The fraction of sp³-hybridized carbons (Fsp3) is 0. The van der Waals surface area contributed by atoms with E-state index in [2.05, 4.69) is 34.3 Å². The van der Waals surface area contributed by atoms with Crippen molar-refractivity contribution in [2.75, 3.05) is 0 Å². The van der Waals surface area contributed by atoms with E-state index in [0.717, 1.165) is 45.3 Å². The van der Waals surface area contributed by atoms with E-state index in [1.165, 1.54) is 0 Å². The van der Waals surface area contributed by atoms with Gasteiger partial charge in [-0.3, -0.25) is 9.98 Å². The summed E-state index contributed by atoms with van der Waals surface area (Å²) in [7, 11) is 0. The van der Waals surface area contributed by atoms with Crippen LogP contribution >= 0.6 is 0 Å². The molecule has 6 rings (SSSR count). The first kappa shape index (κ1) is 34.1. The molecule has 0 bridgehead atoms. The minimum absolute atomic E-state index is 0. The van der Waals surface area contributed by atoms with Crippen molar-refractivity contribution in [2.24, 2.45) is 9.98 Å². The van der Waals surface area contributed by atoms with Gasteiger partial charge >= 0.3 is 17.1 Å². The number of rotatable bonds is 10. The summed E-state index contributed by atoms with van der Waals surface area (Å²) < 4.78 is 0. The van der Waals surface area contributed by atoms with E-state index in [4.69, 9.17) is 10.6 Å². The second kappa shape index (κ2) is 19.6. The largest absolute Gasteiger partial charge is 2.00 e. The Morgan fingerprint density at radius 2 is 0.638 bits per heavy atom. The van der Waals surface area contributed by atoms with Gasteiger partial charge in [-0.05, 0) is 35.4 Å². The Bertz CT molecular complexity index is 1700. The zero-order valence-corrected chi connectivity index (χ0v) is 26.7. The molecule has 0 unspecified atom stereocenters. The Labute approximate surface area is 288 Å². The third-order valence-electron chi connectivity index (χ3n) is 6.58. The first-order valence-electron chi connectivity index (χ1n) is 15.1. The number of aliphatic imine (C=N–C) groups is 2. The van der Waals surface area contributed by atoms with Crippen LogP contribution in [0.1, 0.15) is 11.1 Å². The van der Waals surface area contributed by atoms with Gasteiger partial charge in [0.15, 0.2) is 0 Å². The maximum Gasteiger partial charge on any atom is 2.00 e. The van der Waals surface area contributed by atoms with Crippen molar-refractivity contribution in [3.63, 3.8) is 0 Å². The predicted octanol–water partition coefficient (Wildman–Crippen LogP) is 12.3. The summed E-state index contributed by atoms with van der Waals surface area (Å²) in [6.45, 7) is 0. The molecule has 47 heavy (non-hydrogen) atoms. The molecule has 0 aliphatic heterocycles. The number of hydrogen-bond acceptors (Lipinski definition) is 2. The summed E-state index contributed by atoms with van der Waals surface area (Å²) in [4.78, 5) is 8.90. The standard InChI is InChI=1S/2C21H17N2.Cu/c2*1-4-10-18(11-5-1)21(23-20-14-8-3-9-15-20)16-17-22-19-12-6-2-7-13-19;/h2*1-17H;/q2*-1;+2. The summed E-state index contributed by atoms with van der Waals surface area (Å²) in [5.74, 6) is 0. The van der Waals surface area contributed by atoms with Gasteiger partial charge in [0.05, 0.1) is 11.4 Å². The van der Waals surface area contributed by atoms with Crippen molar-refractivity contribution in [1.82, 2.24) is 0 Å². The summed E-state index contributed by atoms with van der Waals surface area (Å²) in [6.07, 6.45) is 7.47. The first-order valence-corrected chi connectivity index (χ1v) is 15.1. The fourth-order valence-electron chi connectivity index (χ4n) is 4.31. The maximum atomic E-state index is 4.73. The second-order valence-electron chi connectivity index (χ2n) is 9.96. The van der Waals surface area contributed by atoms with Gasteiger partial charge < -0.3 is 10.6 Å². The van der Waals surface area contributed by atoms with Crippen LogP contribution in [-0.4, -0.2) is 12.4 Å². The minimum atomic E-state index is 0. The smallest absolute Gasteiger partial charge is 0.657 e. The Morgan fingerprint density at radius 3 is 0.957 bits per heavy atom. The number of nitrogens with zero attached hydrogens (tertiary/aromatic N) is 4. The van der Waals surface area contributed by atoms with Crippen LogP contribution in [0.15, 0.2) is 204 Å². The molecule has 1 radical (unpaired) electrons. The molecule has 0 aromatic heterocycles. The summed E-state index contributed by atoms with van der Waals surface area (Å²) in [5, 5.41) is 9.46. The van der Waals surface area contributed by atoms with Gasteiger partial charge in [0.2, 0.25) is 0 Å². The van der Waals surface area contributed by atoms with Crippen LogP contribution in [0.4, 0.5) is 22.7 Å². The van der Waals surface area contributed by atoms with E-state index in [1.54, 1.807) is 12.4 Å². The molecule has 0 saturated heterocycles. The van der Waals surface area contributed by atoms with E-state index in [1.807, 2.05) is 170 Å². The quantitative estimate of drug-likeness (QED) is 0.104. The zero-order chi connectivity index (χ0) is 31.5. The molecular weight excluding hydrogens is 624 g/mol. The average molecular weight is 658 g/mol. The van der Waals surface area contributed by atoms with Gasteiger partial charge in [0.1, 0.15) is 0 Å². The molecular formula is C42H34CuN4. The van der Waals surface area contributed by atoms with Crippen LogP contribution in [0.2, 0.25) is 0 Å². The number of allylic oxidation sites excluding steroid dienone is 2. The van der Waals surface area contributed by atoms with Crippen molar-refractivity contribution in [1.29, 1.82) is 0 Å². The Hall–Kier alpha value is -5.74. The van der Waals surface area contributed by atoms with E-state index in [-0.39, 0.29) is 17.1 Å². The van der Waals surface area contributed by atoms with Crippen LogP contribution in [0.5, 0.6) is 0 Å². The molecule has 233 valence electrons. The minimum Gasteiger partial charge on any atom is -0.657 e. The summed E-state index contributed by atoms with van der Waals surface area (Å²) in [5.41, 5.74) is 7.61. The van der Waals surface area contributed by atoms with Crippen LogP contribution in [0, 0.1) is 0 Å². The third kappa shape index (κ3) is 11.9. The van der Waals surface area contributed by atoms with E-state index in [0.29, 0.717) is 0 Å². The first-order chi connectivity index (χ1) is 22.8. The van der Waals surface area contributed by atoms with Crippen molar-refractivity contribution < 1.29 is 17.1 Å². The molecule has 0 saturated carbocycles. The van der Waals surface area contributed by atoms with Gasteiger partial charge in [-0.1, -0.05) is 170 Å². The molecule has 0 heterocycles. The zero-order valence-electron chi connectivity index (χ0n) is 25.7. The molecule has 0 fully saturated rings. The normalized spacial score (nSPS) is 11.3. The van der Waals surface area contributed by atoms with Crippen molar-refractivity contribution in [3.8, 4) is 0 Å². The van der Waals surface area contributed by atoms with Gasteiger partial charge in [-0.15, -0.1) is 22.8 Å². The SMILES string of the molecule is C(C=C([N-]c1ccccc1)c1ccccc1)=Nc1ccccc1.C(C=C([N-]c1ccccc1)c1ccccc1)=Nc1ccccc1.[Cu+2]. The third-order valence-corrected chi connectivity index (χ3v) is 6.58. The maximum absolute atomic E-state index is 4.73. The number of hydrogen-bond donors (Lipinski definition) is 0. The van der Waals surface area contributed by atoms with Crippen LogP contribution in [0.3, 0.4) is 0 Å². The Balaban J connectivity index is 0.000000208. The molecule has 0 spiro atoms. The average Bonchev–Trinajstić information content (AvgIpc) is 3.14. The fourth-order valence-corrected chi connectivity index (χ4v) is 4.31. The molecule has 0 aliphatic carbocycles. The molecule has 6 aromatic carbocycles. The van der Waals surface area contributed by atoms with E-state index < -0.39 is 0 Å². The van der Waals surface area contributed by atoms with Crippen LogP contribution in [-0.2, 0) is 17.1 Å². The summed E-state index contributed by atoms with van der Waals surface area (Å²) in [6, 6.07) is 59.9. The predicted molar refractivity (Wildman–Crippen MR) is 197 cm³/mol. The Morgan fingerprint density at radius 1 is 0.362 bits per heavy atom. The molecule has 4 nitrogen and oxygen atoms in total. The van der Waals surface area contributed by atoms with Crippen molar-refractivity contribution in [3.05, 3.63) is 216 Å². The topological polar surface area (TPSA) is 52.9 Å². The molecule has 5 heteroatoms. The number of para-hydroxylation sites is 4. The van der Waals surface area contributed by atoms with Gasteiger partial charge in [0, 0.05) is 12.4 Å². The van der Waals surface area contributed by atoms with E-state index >= 15 is 0 Å². The summed E-state index contributed by atoms with van der Waals surface area (Å²) >= 11 is 0. The molecule has 6 aromatic rings. The molecule has 0 amide bonds. The Kier molecular flexibility index (Phi) is 14.2. The second-order valence-corrected chi connectivity index (χ2v) is 9.96. The van der Waals surface area contributed by atoms with Gasteiger partial charge in [-0.2, -0.15) is 0 Å². The van der Waals surface area contributed by atoms with Crippen molar-refractivity contribution >= 4 is 46.6 Å². The van der Waals surface area contributed by atoms with Crippen LogP contribution < -0.4 is 0 Å².